The first-order valence-electron chi connectivity index (χ1n) is 7.90. The van der Waals surface area contributed by atoms with Crippen LogP contribution in [-0.4, -0.2) is 17.0 Å². The predicted octanol–water partition coefficient (Wildman–Crippen LogP) is 2.21. The Morgan fingerprint density at radius 3 is 2.16 bits per heavy atom. The Morgan fingerprint density at radius 2 is 1.60 bits per heavy atom. The van der Waals surface area contributed by atoms with Gasteiger partial charge in [-0.25, -0.2) is 4.99 Å². The quantitative estimate of drug-likeness (QED) is 0.310. The van der Waals surface area contributed by atoms with Crippen LogP contribution in [0, 0.1) is 0 Å². The molecule has 0 aliphatic rings. The minimum absolute atomic E-state index is 0.0867. The third-order valence-electron chi connectivity index (χ3n) is 3.61. The highest BCUT2D eigenvalue weighted by Crippen LogP contribution is 2.20. The van der Waals surface area contributed by atoms with Crippen LogP contribution in [0.2, 0.25) is 0 Å². The molecule has 0 saturated heterocycles. The van der Waals surface area contributed by atoms with Crippen molar-refractivity contribution in [1.82, 2.24) is 5.27 Å². The van der Waals surface area contributed by atoms with Gasteiger partial charge in [-0.1, -0.05) is 60.7 Å². The molecule has 126 valence electrons. The predicted molar refractivity (Wildman–Crippen MR) is 89.6 cm³/mol. The summed E-state index contributed by atoms with van der Waals surface area (Å²) < 4.78 is 6.63. The number of carbonyl (C=O) groups is 1. The SMILES string of the molecule is CC(C)[n+]1noc(/N=C(/[O-])c2ccccc2)c1C(=O)c1ccccc1. The molecule has 0 aliphatic carbocycles. The lowest BCUT2D eigenvalue weighted by molar-refractivity contribution is -0.780. The Bertz CT molecular complexity index is 900. The second-order valence-corrected chi connectivity index (χ2v) is 5.74. The molecule has 0 bridgehead atoms. The fraction of sp³-hybridized carbons (Fsp3) is 0.158. The van der Waals surface area contributed by atoms with Crippen molar-refractivity contribution < 1.29 is 19.1 Å². The molecule has 6 nitrogen and oxygen atoms in total. The smallest absolute Gasteiger partial charge is 0.347 e. The van der Waals surface area contributed by atoms with Gasteiger partial charge in [-0.2, -0.15) is 0 Å². The number of benzene rings is 2. The van der Waals surface area contributed by atoms with Crippen LogP contribution in [0.1, 0.15) is 41.5 Å². The number of rotatable bonds is 5. The van der Waals surface area contributed by atoms with Gasteiger partial charge in [0, 0.05) is 19.4 Å². The van der Waals surface area contributed by atoms with Crippen LogP contribution in [0.15, 0.2) is 70.2 Å². The standard InChI is InChI=1S/C19H17N3O3/c1-13(2)22-16(17(23)14-9-5-3-6-10-14)19(25-21-22)20-18(24)15-11-7-4-8-12-15/h3-13H,1-2H3. The van der Waals surface area contributed by atoms with Gasteiger partial charge in [0.15, 0.2) is 6.04 Å². The van der Waals surface area contributed by atoms with E-state index in [9.17, 15) is 9.90 Å². The van der Waals surface area contributed by atoms with E-state index in [4.69, 9.17) is 4.52 Å². The summed E-state index contributed by atoms with van der Waals surface area (Å²) >= 11 is 0. The molecule has 3 rings (SSSR count). The summed E-state index contributed by atoms with van der Waals surface area (Å²) in [6.45, 7) is 3.74. The molecule has 25 heavy (non-hydrogen) atoms. The van der Waals surface area contributed by atoms with Gasteiger partial charge in [-0.3, -0.25) is 9.32 Å². The maximum atomic E-state index is 12.9. The van der Waals surface area contributed by atoms with Gasteiger partial charge >= 0.3 is 11.6 Å². The zero-order chi connectivity index (χ0) is 17.8. The second-order valence-electron chi connectivity index (χ2n) is 5.74. The Hall–Kier alpha value is -3.28. The minimum atomic E-state index is -0.491. The van der Waals surface area contributed by atoms with Gasteiger partial charge in [0.25, 0.3) is 5.78 Å². The van der Waals surface area contributed by atoms with Crippen LogP contribution in [0.25, 0.3) is 0 Å². The number of aromatic nitrogens is 2. The molecule has 0 fully saturated rings. The van der Waals surface area contributed by atoms with Gasteiger partial charge in [0.2, 0.25) is 5.27 Å². The number of carbonyl (C=O) groups excluding carboxylic acids is 1. The normalized spacial score (nSPS) is 11.7. The molecule has 0 radical (unpaired) electrons. The molecule has 0 atom stereocenters. The Balaban J connectivity index is 2.08. The Morgan fingerprint density at radius 1 is 1.04 bits per heavy atom. The van der Waals surface area contributed by atoms with Gasteiger partial charge in [0.05, 0.1) is 0 Å². The van der Waals surface area contributed by atoms with Gasteiger partial charge in [-0.15, -0.1) is 0 Å². The zero-order valence-corrected chi connectivity index (χ0v) is 13.9. The summed E-state index contributed by atoms with van der Waals surface area (Å²) in [6.07, 6.45) is 0. The average Bonchev–Trinajstić information content (AvgIpc) is 3.06. The maximum absolute atomic E-state index is 12.9. The van der Waals surface area contributed by atoms with Crippen LogP contribution >= 0.6 is 0 Å². The Labute approximate surface area is 145 Å². The molecule has 6 heteroatoms. The molecule has 0 spiro atoms. The third kappa shape index (κ3) is 3.47. The van der Waals surface area contributed by atoms with Crippen LogP contribution in [0.4, 0.5) is 5.88 Å². The first kappa shape index (κ1) is 16.6. The van der Waals surface area contributed by atoms with E-state index in [1.807, 2.05) is 26.0 Å². The molecule has 0 aliphatic heterocycles. The van der Waals surface area contributed by atoms with Crippen molar-refractivity contribution in [3.63, 3.8) is 0 Å². The molecular formula is C19H17N3O3. The van der Waals surface area contributed by atoms with Gasteiger partial charge < -0.3 is 5.11 Å². The van der Waals surface area contributed by atoms with Crippen LogP contribution < -0.4 is 9.79 Å². The molecule has 0 N–H and O–H groups in total. The fourth-order valence-electron chi connectivity index (χ4n) is 2.36. The molecule has 0 unspecified atom stereocenters. The molecule has 1 aromatic heterocycles. The van der Waals surface area contributed by atoms with Crippen molar-refractivity contribution in [1.29, 1.82) is 0 Å². The molecule has 0 amide bonds. The largest absolute Gasteiger partial charge is 0.858 e. The lowest BCUT2D eigenvalue weighted by atomic mass is 10.1. The highest BCUT2D eigenvalue weighted by Gasteiger charge is 2.34. The lowest BCUT2D eigenvalue weighted by Gasteiger charge is -2.08. The van der Waals surface area contributed by atoms with E-state index in [1.165, 1.54) is 4.68 Å². The van der Waals surface area contributed by atoms with E-state index in [1.54, 1.807) is 48.5 Å². The van der Waals surface area contributed by atoms with Crippen molar-refractivity contribution in [3.05, 3.63) is 77.5 Å². The van der Waals surface area contributed by atoms with Crippen molar-refractivity contribution in [2.45, 2.75) is 19.9 Å². The number of ketones is 1. The van der Waals surface area contributed by atoms with Crippen LogP contribution in [0.3, 0.4) is 0 Å². The maximum Gasteiger partial charge on any atom is 0.347 e. The third-order valence-corrected chi connectivity index (χ3v) is 3.61. The summed E-state index contributed by atoms with van der Waals surface area (Å²) in [7, 11) is 0. The first-order valence-corrected chi connectivity index (χ1v) is 7.90. The van der Waals surface area contributed by atoms with Crippen molar-refractivity contribution in [2.24, 2.45) is 4.99 Å². The molecular weight excluding hydrogens is 318 g/mol. The zero-order valence-electron chi connectivity index (χ0n) is 13.9. The van der Waals surface area contributed by atoms with E-state index in [2.05, 4.69) is 10.3 Å². The van der Waals surface area contributed by atoms with Gasteiger partial charge in [-0.05, 0) is 16.1 Å². The molecule has 3 aromatic rings. The number of hydrogen-bond donors (Lipinski definition) is 0. The highest BCUT2D eigenvalue weighted by molar-refractivity contribution is 6.09. The summed E-state index contributed by atoms with van der Waals surface area (Å²) in [5.74, 6) is -0.874. The van der Waals surface area contributed by atoms with Crippen molar-refractivity contribution >= 4 is 17.6 Å². The van der Waals surface area contributed by atoms with E-state index in [0.29, 0.717) is 11.1 Å². The van der Waals surface area contributed by atoms with Crippen LogP contribution in [-0.2, 0) is 0 Å². The monoisotopic (exact) mass is 335 g/mol. The topological polar surface area (TPSA) is 82.4 Å². The van der Waals surface area contributed by atoms with E-state index >= 15 is 0 Å². The number of nitrogens with zero attached hydrogens (tertiary/aromatic N) is 3. The Kier molecular flexibility index (Phi) is 4.70. The number of aliphatic imine (C=N–C) groups is 1. The fourth-order valence-corrected chi connectivity index (χ4v) is 2.36. The van der Waals surface area contributed by atoms with E-state index < -0.39 is 5.90 Å². The van der Waals surface area contributed by atoms with Crippen molar-refractivity contribution in [3.8, 4) is 0 Å². The van der Waals surface area contributed by atoms with E-state index in [0.717, 1.165) is 0 Å². The summed E-state index contributed by atoms with van der Waals surface area (Å²) in [4.78, 5) is 16.8. The minimum Gasteiger partial charge on any atom is -0.858 e. The summed E-state index contributed by atoms with van der Waals surface area (Å²) in [5.41, 5.74) is 1.04. The van der Waals surface area contributed by atoms with Crippen molar-refractivity contribution in [2.75, 3.05) is 0 Å². The van der Waals surface area contributed by atoms with E-state index in [-0.39, 0.29) is 23.4 Å². The molecule has 1 heterocycles. The van der Waals surface area contributed by atoms with Crippen LogP contribution in [0.5, 0.6) is 0 Å². The number of hydrogen-bond acceptors (Lipinski definition) is 5. The highest BCUT2D eigenvalue weighted by atomic mass is 16.5. The molecule has 2 aromatic carbocycles. The lowest BCUT2D eigenvalue weighted by Crippen LogP contribution is -2.43. The first-order chi connectivity index (χ1) is 12.1. The second kappa shape index (κ2) is 7.09. The van der Waals surface area contributed by atoms with Gasteiger partial charge in [0.1, 0.15) is 0 Å². The average molecular weight is 335 g/mol. The molecule has 0 saturated carbocycles. The summed E-state index contributed by atoms with van der Waals surface area (Å²) in [5, 5.41) is 16.2. The summed E-state index contributed by atoms with van der Waals surface area (Å²) in [6, 6.07) is 17.2.